The first-order valence-corrected chi connectivity index (χ1v) is 8.38. The van der Waals surface area contributed by atoms with Gasteiger partial charge >= 0.3 is 0 Å². The topological polar surface area (TPSA) is 60.2 Å². The van der Waals surface area contributed by atoms with Crippen LogP contribution in [0.4, 0.5) is 0 Å². The van der Waals surface area contributed by atoms with Gasteiger partial charge in [-0.05, 0) is 19.4 Å². The van der Waals surface area contributed by atoms with Crippen molar-refractivity contribution in [2.45, 2.75) is 70.3 Å². The van der Waals surface area contributed by atoms with Gasteiger partial charge in [-0.15, -0.1) is 0 Å². The third-order valence-corrected chi connectivity index (χ3v) is 4.24. The minimum Gasteiger partial charge on any atom is -0.383 e. The fraction of sp³-hybridized carbons (Fsp3) is 0.875. The highest BCUT2D eigenvalue weighted by Gasteiger charge is 2.20. The standard InChI is InChI=1S/C16H29N3O2/c1-3-17-14(12-20-2)11-15-18-16(19-21-15)13-9-7-5-4-6-8-10-13/h13-14,17H,3-12H2,1-2H3. The molecular weight excluding hydrogens is 266 g/mol. The van der Waals surface area contributed by atoms with Crippen LogP contribution in [0, 0.1) is 0 Å². The highest BCUT2D eigenvalue weighted by atomic mass is 16.5. The maximum absolute atomic E-state index is 5.46. The van der Waals surface area contributed by atoms with Crippen LogP contribution >= 0.6 is 0 Å². The van der Waals surface area contributed by atoms with Gasteiger partial charge in [0.05, 0.1) is 6.61 Å². The average molecular weight is 295 g/mol. The van der Waals surface area contributed by atoms with E-state index in [1.54, 1.807) is 7.11 Å². The van der Waals surface area contributed by atoms with E-state index in [1.807, 2.05) is 0 Å². The zero-order valence-corrected chi connectivity index (χ0v) is 13.4. The molecule has 5 nitrogen and oxygen atoms in total. The lowest BCUT2D eigenvalue weighted by Crippen LogP contribution is -2.35. The molecule has 0 amide bonds. The van der Waals surface area contributed by atoms with Gasteiger partial charge in [0, 0.05) is 25.5 Å². The Labute approximate surface area is 127 Å². The largest absolute Gasteiger partial charge is 0.383 e. The fourth-order valence-corrected chi connectivity index (χ4v) is 3.12. The van der Waals surface area contributed by atoms with Gasteiger partial charge in [-0.1, -0.05) is 44.2 Å². The van der Waals surface area contributed by atoms with Crippen molar-refractivity contribution >= 4 is 0 Å². The van der Waals surface area contributed by atoms with E-state index in [2.05, 4.69) is 22.4 Å². The van der Waals surface area contributed by atoms with Crippen molar-refractivity contribution in [2.75, 3.05) is 20.3 Å². The van der Waals surface area contributed by atoms with Crippen molar-refractivity contribution in [3.8, 4) is 0 Å². The summed E-state index contributed by atoms with van der Waals surface area (Å²) in [5.41, 5.74) is 0. The normalized spacial score (nSPS) is 19.1. The van der Waals surface area contributed by atoms with Crippen molar-refractivity contribution < 1.29 is 9.26 Å². The summed E-state index contributed by atoms with van der Waals surface area (Å²) in [6.07, 6.45) is 9.79. The summed E-state index contributed by atoms with van der Waals surface area (Å²) in [6.45, 7) is 3.67. The Kier molecular flexibility index (Phi) is 7.16. The monoisotopic (exact) mass is 295 g/mol. The zero-order valence-electron chi connectivity index (χ0n) is 13.4. The molecule has 0 spiro atoms. The summed E-state index contributed by atoms with van der Waals surface area (Å²) < 4.78 is 10.7. The Morgan fingerprint density at radius 3 is 2.62 bits per heavy atom. The molecule has 0 saturated heterocycles. The highest BCUT2D eigenvalue weighted by Crippen LogP contribution is 2.29. The maximum atomic E-state index is 5.46. The molecule has 21 heavy (non-hydrogen) atoms. The van der Waals surface area contributed by atoms with Crippen molar-refractivity contribution in [3.05, 3.63) is 11.7 Å². The smallest absolute Gasteiger partial charge is 0.228 e. The van der Waals surface area contributed by atoms with E-state index in [9.17, 15) is 0 Å². The van der Waals surface area contributed by atoms with Gasteiger partial charge in [-0.25, -0.2) is 0 Å². The molecule has 0 aromatic carbocycles. The van der Waals surface area contributed by atoms with E-state index >= 15 is 0 Å². The highest BCUT2D eigenvalue weighted by molar-refractivity contribution is 4.97. The number of ether oxygens (including phenoxy) is 1. The molecule has 2 rings (SSSR count). The number of likely N-dealkylation sites (N-methyl/N-ethyl adjacent to an activating group) is 1. The van der Waals surface area contributed by atoms with Crippen LogP contribution in [0.15, 0.2) is 4.52 Å². The van der Waals surface area contributed by atoms with Crippen LogP contribution in [0.3, 0.4) is 0 Å². The van der Waals surface area contributed by atoms with E-state index in [0.717, 1.165) is 24.7 Å². The molecule has 1 atom stereocenters. The average Bonchev–Trinajstić information content (AvgIpc) is 2.87. The Morgan fingerprint density at radius 2 is 1.95 bits per heavy atom. The van der Waals surface area contributed by atoms with E-state index in [4.69, 9.17) is 9.26 Å². The molecule has 1 fully saturated rings. The third kappa shape index (κ3) is 5.40. The Morgan fingerprint density at radius 1 is 1.24 bits per heavy atom. The van der Waals surface area contributed by atoms with Crippen molar-refractivity contribution in [1.29, 1.82) is 0 Å². The molecule has 1 aromatic heterocycles. The van der Waals surface area contributed by atoms with Crippen LogP contribution in [0.1, 0.15) is 69.5 Å². The van der Waals surface area contributed by atoms with Crippen molar-refractivity contribution in [2.24, 2.45) is 0 Å². The van der Waals surface area contributed by atoms with E-state index < -0.39 is 0 Å². The molecule has 1 aromatic rings. The third-order valence-electron chi connectivity index (χ3n) is 4.24. The number of nitrogens with one attached hydrogen (secondary N) is 1. The Bertz CT molecular complexity index is 381. The van der Waals surface area contributed by atoms with Crippen LogP contribution < -0.4 is 5.32 Å². The second-order valence-corrected chi connectivity index (χ2v) is 6.00. The molecule has 1 saturated carbocycles. The second-order valence-electron chi connectivity index (χ2n) is 6.00. The zero-order chi connectivity index (χ0) is 14.9. The summed E-state index contributed by atoms with van der Waals surface area (Å²) in [5.74, 6) is 2.14. The number of nitrogens with zero attached hydrogens (tertiary/aromatic N) is 2. The first kappa shape index (κ1) is 16.4. The molecule has 0 radical (unpaired) electrons. The number of hydrogen-bond donors (Lipinski definition) is 1. The van der Waals surface area contributed by atoms with E-state index in [1.165, 1.54) is 44.9 Å². The van der Waals surface area contributed by atoms with E-state index in [-0.39, 0.29) is 6.04 Å². The predicted molar refractivity (Wildman–Crippen MR) is 82.4 cm³/mol. The summed E-state index contributed by atoms with van der Waals surface area (Å²) in [5, 5.41) is 7.62. The van der Waals surface area contributed by atoms with Gasteiger partial charge < -0.3 is 14.6 Å². The quantitative estimate of drug-likeness (QED) is 0.837. The van der Waals surface area contributed by atoms with Gasteiger partial charge in [-0.3, -0.25) is 0 Å². The number of methoxy groups -OCH3 is 1. The number of hydrogen-bond acceptors (Lipinski definition) is 5. The molecule has 120 valence electrons. The lowest BCUT2D eigenvalue weighted by molar-refractivity contribution is 0.162. The molecule has 0 bridgehead atoms. The summed E-state index contributed by atoms with van der Waals surface area (Å²) in [7, 11) is 1.72. The van der Waals surface area contributed by atoms with Gasteiger partial charge in [0.15, 0.2) is 5.82 Å². The first-order chi connectivity index (χ1) is 10.3. The molecule has 1 N–H and O–H groups in total. The van der Waals surface area contributed by atoms with Crippen LogP contribution in [0.2, 0.25) is 0 Å². The molecule has 1 unspecified atom stereocenters. The molecule has 0 aliphatic heterocycles. The lowest BCUT2D eigenvalue weighted by Gasteiger charge is -2.16. The molecule has 1 heterocycles. The summed E-state index contributed by atoms with van der Waals surface area (Å²) >= 11 is 0. The van der Waals surface area contributed by atoms with Crippen LogP contribution in [-0.2, 0) is 11.2 Å². The van der Waals surface area contributed by atoms with Crippen LogP contribution in [0.5, 0.6) is 0 Å². The lowest BCUT2D eigenvalue weighted by atomic mass is 9.91. The SMILES string of the molecule is CCNC(COC)Cc1nc(C2CCCCCCC2)no1. The number of rotatable bonds is 7. The molecule has 5 heteroatoms. The summed E-state index contributed by atoms with van der Waals surface area (Å²) in [4.78, 5) is 4.64. The maximum Gasteiger partial charge on any atom is 0.228 e. The second kappa shape index (κ2) is 9.15. The minimum absolute atomic E-state index is 0.241. The number of aromatic nitrogens is 2. The fourth-order valence-electron chi connectivity index (χ4n) is 3.12. The molecular formula is C16H29N3O2. The van der Waals surface area contributed by atoms with Crippen molar-refractivity contribution in [1.82, 2.24) is 15.5 Å². The molecule has 1 aliphatic carbocycles. The van der Waals surface area contributed by atoms with Gasteiger partial charge in [-0.2, -0.15) is 4.98 Å². The molecule has 1 aliphatic rings. The Balaban J connectivity index is 1.92. The minimum atomic E-state index is 0.241. The van der Waals surface area contributed by atoms with Gasteiger partial charge in [0.25, 0.3) is 0 Å². The van der Waals surface area contributed by atoms with Gasteiger partial charge in [0.2, 0.25) is 5.89 Å². The first-order valence-electron chi connectivity index (χ1n) is 8.38. The van der Waals surface area contributed by atoms with Crippen LogP contribution in [-0.4, -0.2) is 36.4 Å². The van der Waals surface area contributed by atoms with Crippen LogP contribution in [0.25, 0.3) is 0 Å². The van der Waals surface area contributed by atoms with Crippen molar-refractivity contribution in [3.63, 3.8) is 0 Å². The van der Waals surface area contributed by atoms with Gasteiger partial charge in [0.1, 0.15) is 0 Å². The Hall–Kier alpha value is -0.940. The predicted octanol–water partition coefficient (Wildman–Crippen LogP) is 3.06. The van der Waals surface area contributed by atoms with E-state index in [0.29, 0.717) is 12.5 Å². The summed E-state index contributed by atoms with van der Waals surface area (Å²) in [6, 6.07) is 0.241.